The normalized spacial score (nSPS) is 12.5. The molecule has 3 aromatic carbocycles. The molecule has 0 unspecified atom stereocenters. The van der Waals surface area contributed by atoms with E-state index >= 15 is 0 Å². The standard InChI is InChI=1S/C23H25ClN2O3S/c1-4-22(26(30(3,28)29)19-13-12-16(2)21(24)14-19)23(27)25-15-18-10-7-9-17-8-5-6-11-20(17)18/h5-14,22H,4,15H2,1-3H3,(H,25,27)/t22-/m1/s1. The molecule has 7 heteroatoms. The van der Waals surface area contributed by atoms with E-state index in [-0.39, 0.29) is 5.91 Å². The Morgan fingerprint density at radius 3 is 2.47 bits per heavy atom. The molecule has 1 amide bonds. The Morgan fingerprint density at radius 1 is 1.10 bits per heavy atom. The Bertz CT molecular complexity index is 1170. The highest BCUT2D eigenvalue weighted by atomic mass is 35.5. The molecule has 0 aliphatic rings. The molecular weight excluding hydrogens is 420 g/mol. The second kappa shape index (κ2) is 9.06. The van der Waals surface area contributed by atoms with Crippen LogP contribution in [0.15, 0.2) is 60.7 Å². The van der Waals surface area contributed by atoms with Gasteiger partial charge in [-0.05, 0) is 47.4 Å². The van der Waals surface area contributed by atoms with Crippen LogP contribution in [-0.4, -0.2) is 26.6 Å². The summed E-state index contributed by atoms with van der Waals surface area (Å²) in [6.07, 6.45) is 1.42. The molecule has 0 saturated heterocycles. The third kappa shape index (κ3) is 4.77. The molecule has 0 aliphatic carbocycles. The number of hydrogen-bond donors (Lipinski definition) is 1. The maximum absolute atomic E-state index is 13.0. The van der Waals surface area contributed by atoms with Crippen molar-refractivity contribution in [3.63, 3.8) is 0 Å². The predicted molar refractivity (Wildman–Crippen MR) is 123 cm³/mol. The summed E-state index contributed by atoms with van der Waals surface area (Å²) in [4.78, 5) is 13.0. The van der Waals surface area contributed by atoms with Crippen molar-refractivity contribution < 1.29 is 13.2 Å². The monoisotopic (exact) mass is 444 g/mol. The largest absolute Gasteiger partial charge is 0.350 e. The summed E-state index contributed by atoms with van der Waals surface area (Å²) < 4.78 is 26.3. The fourth-order valence-corrected chi connectivity index (χ4v) is 4.90. The highest BCUT2D eigenvalue weighted by Gasteiger charge is 2.31. The minimum Gasteiger partial charge on any atom is -0.350 e. The van der Waals surface area contributed by atoms with E-state index in [0.717, 1.165) is 32.5 Å². The number of nitrogens with one attached hydrogen (secondary N) is 1. The quantitative estimate of drug-likeness (QED) is 0.576. The van der Waals surface area contributed by atoms with Gasteiger partial charge in [-0.2, -0.15) is 0 Å². The number of carbonyl (C=O) groups excluding carboxylic acids is 1. The average Bonchev–Trinajstić information content (AvgIpc) is 2.71. The van der Waals surface area contributed by atoms with Crippen LogP contribution in [0.25, 0.3) is 10.8 Å². The molecule has 3 rings (SSSR count). The van der Waals surface area contributed by atoms with Crippen molar-refractivity contribution >= 4 is 44.0 Å². The van der Waals surface area contributed by atoms with Gasteiger partial charge in [0, 0.05) is 11.6 Å². The highest BCUT2D eigenvalue weighted by Crippen LogP contribution is 2.28. The van der Waals surface area contributed by atoms with Crippen LogP contribution >= 0.6 is 11.6 Å². The summed E-state index contributed by atoms with van der Waals surface area (Å²) in [7, 11) is -3.71. The fourth-order valence-electron chi connectivity index (χ4n) is 3.53. The number of carbonyl (C=O) groups is 1. The van der Waals surface area contributed by atoms with Gasteiger partial charge < -0.3 is 5.32 Å². The molecular formula is C23H25ClN2O3S. The number of aryl methyl sites for hydroxylation is 1. The zero-order valence-electron chi connectivity index (χ0n) is 17.2. The maximum atomic E-state index is 13.0. The summed E-state index contributed by atoms with van der Waals surface area (Å²) in [6, 6.07) is 18.0. The Kier molecular flexibility index (Phi) is 6.68. The lowest BCUT2D eigenvalue weighted by molar-refractivity contribution is -0.122. The summed E-state index contributed by atoms with van der Waals surface area (Å²) in [6.45, 7) is 3.93. The van der Waals surface area contributed by atoms with Crippen LogP contribution in [0.1, 0.15) is 24.5 Å². The van der Waals surface area contributed by atoms with Gasteiger partial charge in [-0.1, -0.05) is 67.1 Å². The van der Waals surface area contributed by atoms with Gasteiger partial charge in [-0.25, -0.2) is 8.42 Å². The van der Waals surface area contributed by atoms with Gasteiger partial charge in [0.25, 0.3) is 0 Å². The number of rotatable bonds is 7. The van der Waals surface area contributed by atoms with E-state index < -0.39 is 16.1 Å². The molecule has 158 valence electrons. The average molecular weight is 445 g/mol. The zero-order valence-corrected chi connectivity index (χ0v) is 18.8. The van der Waals surface area contributed by atoms with Crippen molar-refractivity contribution in [1.29, 1.82) is 0 Å². The van der Waals surface area contributed by atoms with E-state index in [0.29, 0.717) is 23.7 Å². The van der Waals surface area contributed by atoms with E-state index in [1.54, 1.807) is 25.1 Å². The van der Waals surface area contributed by atoms with Crippen LogP contribution in [0.3, 0.4) is 0 Å². The number of nitrogens with zero attached hydrogens (tertiary/aromatic N) is 1. The lowest BCUT2D eigenvalue weighted by Crippen LogP contribution is -2.49. The summed E-state index contributed by atoms with van der Waals surface area (Å²) in [5, 5.41) is 5.50. The molecule has 5 nitrogen and oxygen atoms in total. The van der Waals surface area contributed by atoms with Crippen LogP contribution in [0, 0.1) is 6.92 Å². The molecule has 30 heavy (non-hydrogen) atoms. The van der Waals surface area contributed by atoms with Gasteiger partial charge in [-0.3, -0.25) is 9.10 Å². The van der Waals surface area contributed by atoms with Crippen molar-refractivity contribution in [1.82, 2.24) is 5.32 Å². The zero-order chi connectivity index (χ0) is 21.9. The van der Waals surface area contributed by atoms with Crippen LogP contribution in [-0.2, 0) is 21.4 Å². The van der Waals surface area contributed by atoms with Gasteiger partial charge >= 0.3 is 0 Å². The minimum atomic E-state index is -3.71. The van der Waals surface area contributed by atoms with Crippen molar-refractivity contribution in [3.8, 4) is 0 Å². The van der Waals surface area contributed by atoms with Crippen LogP contribution in [0.2, 0.25) is 5.02 Å². The van der Waals surface area contributed by atoms with Crippen molar-refractivity contribution in [2.75, 3.05) is 10.6 Å². The molecule has 0 aliphatic heterocycles. The molecule has 0 saturated carbocycles. The van der Waals surface area contributed by atoms with E-state index in [4.69, 9.17) is 11.6 Å². The van der Waals surface area contributed by atoms with E-state index in [2.05, 4.69) is 5.32 Å². The SMILES string of the molecule is CC[C@H](C(=O)NCc1cccc2ccccc12)N(c1ccc(C)c(Cl)c1)S(C)(=O)=O. The van der Waals surface area contributed by atoms with Gasteiger partial charge in [0.05, 0.1) is 11.9 Å². The maximum Gasteiger partial charge on any atom is 0.244 e. The number of fused-ring (bicyclic) bond motifs is 1. The molecule has 0 heterocycles. The van der Waals surface area contributed by atoms with Crippen molar-refractivity contribution in [2.45, 2.75) is 32.9 Å². The topological polar surface area (TPSA) is 66.5 Å². The summed E-state index contributed by atoms with van der Waals surface area (Å²) in [5.74, 6) is -0.354. The molecule has 0 radical (unpaired) electrons. The third-order valence-electron chi connectivity index (χ3n) is 5.07. The number of hydrogen-bond acceptors (Lipinski definition) is 3. The van der Waals surface area contributed by atoms with Crippen LogP contribution in [0.4, 0.5) is 5.69 Å². The van der Waals surface area contributed by atoms with E-state index in [9.17, 15) is 13.2 Å². The number of anilines is 1. The van der Waals surface area contributed by atoms with E-state index in [1.165, 1.54) is 0 Å². The number of benzene rings is 3. The Hall–Kier alpha value is -2.57. The van der Waals surface area contributed by atoms with Gasteiger partial charge in [-0.15, -0.1) is 0 Å². The smallest absolute Gasteiger partial charge is 0.244 e. The van der Waals surface area contributed by atoms with Crippen LogP contribution < -0.4 is 9.62 Å². The minimum absolute atomic E-state index is 0.308. The fraction of sp³-hybridized carbons (Fsp3) is 0.261. The first-order valence-corrected chi connectivity index (χ1v) is 11.9. The van der Waals surface area contributed by atoms with Gasteiger partial charge in [0.2, 0.25) is 15.9 Å². The van der Waals surface area contributed by atoms with Gasteiger partial charge in [0.15, 0.2) is 0 Å². The lowest BCUT2D eigenvalue weighted by Gasteiger charge is -2.30. The number of halogens is 1. The first kappa shape index (κ1) is 22.1. The Balaban J connectivity index is 1.88. The predicted octanol–water partition coefficient (Wildman–Crippen LogP) is 4.66. The second-order valence-corrected chi connectivity index (χ2v) is 9.54. The number of sulfonamides is 1. The Labute approximate surface area is 182 Å². The third-order valence-corrected chi connectivity index (χ3v) is 6.66. The highest BCUT2D eigenvalue weighted by molar-refractivity contribution is 7.92. The lowest BCUT2D eigenvalue weighted by atomic mass is 10.0. The molecule has 1 atom stereocenters. The Morgan fingerprint density at radius 2 is 1.80 bits per heavy atom. The number of amides is 1. The van der Waals surface area contributed by atoms with Gasteiger partial charge in [0.1, 0.15) is 6.04 Å². The molecule has 0 aromatic heterocycles. The molecule has 0 bridgehead atoms. The van der Waals surface area contributed by atoms with Crippen molar-refractivity contribution in [3.05, 3.63) is 76.8 Å². The molecule has 3 aromatic rings. The molecule has 0 spiro atoms. The summed E-state index contributed by atoms with van der Waals surface area (Å²) in [5.41, 5.74) is 2.18. The summed E-state index contributed by atoms with van der Waals surface area (Å²) >= 11 is 6.21. The first-order chi connectivity index (χ1) is 14.2. The second-order valence-electron chi connectivity index (χ2n) is 7.27. The van der Waals surface area contributed by atoms with Crippen LogP contribution in [0.5, 0.6) is 0 Å². The first-order valence-electron chi connectivity index (χ1n) is 9.72. The van der Waals surface area contributed by atoms with Crippen molar-refractivity contribution in [2.24, 2.45) is 0 Å². The molecule has 0 fully saturated rings. The van der Waals surface area contributed by atoms with E-state index in [1.807, 2.05) is 49.4 Å². The molecule has 1 N–H and O–H groups in total.